The lowest BCUT2D eigenvalue weighted by atomic mass is 10.0. The molecular formula is C23H27ClN4O3S. The number of aryl methyl sites for hydroxylation is 1. The normalized spacial score (nSPS) is 15.4. The molecule has 1 fully saturated rings. The Morgan fingerprint density at radius 2 is 1.91 bits per heavy atom. The second-order valence-electron chi connectivity index (χ2n) is 8.23. The maximum Gasteiger partial charge on any atom is 0.223 e. The SMILES string of the molecule is Cc1[nH]cnc1CNC1CCN(C(=O)CCS(=O)(=O)c2ccc3cc(Cl)ccc3c2)CC1. The van der Waals surface area contributed by atoms with Crippen molar-refractivity contribution in [3.63, 3.8) is 0 Å². The smallest absolute Gasteiger partial charge is 0.223 e. The lowest BCUT2D eigenvalue weighted by molar-refractivity contribution is -0.131. The molecule has 0 radical (unpaired) electrons. The fourth-order valence-corrected chi connectivity index (χ4v) is 5.47. The zero-order valence-electron chi connectivity index (χ0n) is 18.0. The van der Waals surface area contributed by atoms with Gasteiger partial charge in [-0.25, -0.2) is 13.4 Å². The van der Waals surface area contributed by atoms with Crippen LogP contribution in [0.5, 0.6) is 0 Å². The summed E-state index contributed by atoms with van der Waals surface area (Å²) in [7, 11) is -3.55. The van der Waals surface area contributed by atoms with E-state index in [4.69, 9.17) is 11.6 Å². The highest BCUT2D eigenvalue weighted by Crippen LogP contribution is 2.24. The fraction of sp³-hybridized carbons (Fsp3) is 0.391. The third-order valence-electron chi connectivity index (χ3n) is 6.06. The molecule has 1 saturated heterocycles. The van der Waals surface area contributed by atoms with Crippen LogP contribution in [0.25, 0.3) is 10.8 Å². The van der Waals surface area contributed by atoms with Crippen LogP contribution < -0.4 is 5.32 Å². The van der Waals surface area contributed by atoms with Crippen molar-refractivity contribution in [3.05, 3.63) is 59.1 Å². The minimum atomic E-state index is -3.55. The van der Waals surface area contributed by atoms with Crippen molar-refractivity contribution in [1.82, 2.24) is 20.2 Å². The zero-order valence-corrected chi connectivity index (χ0v) is 19.5. The third kappa shape index (κ3) is 5.31. The number of piperidine rings is 1. The average molecular weight is 475 g/mol. The summed E-state index contributed by atoms with van der Waals surface area (Å²) in [6.07, 6.45) is 3.37. The second-order valence-corrected chi connectivity index (χ2v) is 10.8. The van der Waals surface area contributed by atoms with Gasteiger partial charge in [-0.2, -0.15) is 0 Å². The Balaban J connectivity index is 1.28. The van der Waals surface area contributed by atoms with Crippen molar-refractivity contribution in [2.45, 2.75) is 43.7 Å². The van der Waals surface area contributed by atoms with Gasteiger partial charge in [-0.3, -0.25) is 4.79 Å². The van der Waals surface area contributed by atoms with E-state index in [0.717, 1.165) is 35.0 Å². The number of imidazole rings is 1. The molecule has 1 aliphatic rings. The molecule has 4 rings (SSSR count). The molecule has 0 bridgehead atoms. The number of nitrogens with one attached hydrogen (secondary N) is 2. The first-order chi connectivity index (χ1) is 15.3. The number of carbonyl (C=O) groups excluding carboxylic acids is 1. The highest BCUT2D eigenvalue weighted by atomic mass is 35.5. The van der Waals surface area contributed by atoms with Crippen LogP contribution in [-0.4, -0.2) is 54.1 Å². The van der Waals surface area contributed by atoms with Crippen molar-refractivity contribution in [2.24, 2.45) is 0 Å². The number of benzene rings is 2. The molecule has 1 aliphatic heterocycles. The van der Waals surface area contributed by atoms with Crippen molar-refractivity contribution >= 4 is 38.1 Å². The fourth-order valence-electron chi connectivity index (χ4n) is 4.03. The molecule has 2 heterocycles. The Bertz CT molecular complexity index is 1220. The number of H-pyrrole nitrogens is 1. The van der Waals surface area contributed by atoms with E-state index >= 15 is 0 Å². The number of nitrogens with zero attached hydrogens (tertiary/aromatic N) is 2. The van der Waals surface area contributed by atoms with Crippen LogP contribution in [0.4, 0.5) is 0 Å². The Hall–Kier alpha value is -2.42. The molecule has 9 heteroatoms. The molecule has 7 nitrogen and oxygen atoms in total. The lowest BCUT2D eigenvalue weighted by Gasteiger charge is -2.32. The van der Waals surface area contributed by atoms with E-state index in [9.17, 15) is 13.2 Å². The summed E-state index contributed by atoms with van der Waals surface area (Å²) in [5, 5.41) is 5.79. The van der Waals surface area contributed by atoms with Crippen LogP contribution in [0.3, 0.4) is 0 Å². The maximum absolute atomic E-state index is 12.8. The molecular weight excluding hydrogens is 448 g/mol. The number of hydrogen-bond donors (Lipinski definition) is 2. The van der Waals surface area contributed by atoms with Crippen LogP contribution in [0.1, 0.15) is 30.7 Å². The average Bonchev–Trinajstić information content (AvgIpc) is 3.20. The quantitative estimate of drug-likeness (QED) is 0.546. The van der Waals surface area contributed by atoms with E-state index in [0.29, 0.717) is 30.7 Å². The van der Waals surface area contributed by atoms with Gasteiger partial charge in [-0.1, -0.05) is 23.7 Å². The van der Waals surface area contributed by atoms with E-state index in [1.807, 2.05) is 6.92 Å². The number of rotatable bonds is 7. The molecule has 170 valence electrons. The molecule has 1 aromatic heterocycles. The van der Waals surface area contributed by atoms with Crippen molar-refractivity contribution < 1.29 is 13.2 Å². The lowest BCUT2D eigenvalue weighted by Crippen LogP contribution is -2.45. The monoisotopic (exact) mass is 474 g/mol. The van der Waals surface area contributed by atoms with Crippen LogP contribution in [-0.2, 0) is 21.2 Å². The molecule has 1 amide bonds. The van der Waals surface area contributed by atoms with Gasteiger partial charge in [0.2, 0.25) is 5.91 Å². The topological polar surface area (TPSA) is 95.2 Å². The first-order valence-electron chi connectivity index (χ1n) is 10.7. The standard InChI is InChI=1S/C23H27ClN4O3S/c1-16-22(27-15-26-16)14-25-20-6-9-28(10-7-20)23(29)8-11-32(30,31)21-5-3-17-12-19(24)4-2-18(17)13-21/h2-5,12-13,15,20,25H,6-11,14H2,1H3,(H,26,27). The van der Waals surface area contributed by atoms with Crippen molar-refractivity contribution in [1.29, 1.82) is 0 Å². The van der Waals surface area contributed by atoms with Crippen LogP contribution in [0, 0.1) is 6.92 Å². The Morgan fingerprint density at radius 3 is 2.62 bits per heavy atom. The number of fused-ring (bicyclic) bond motifs is 1. The van der Waals surface area contributed by atoms with Crippen molar-refractivity contribution in [2.75, 3.05) is 18.8 Å². The van der Waals surface area contributed by atoms with Crippen LogP contribution >= 0.6 is 11.6 Å². The van der Waals surface area contributed by atoms with Gasteiger partial charge in [0.15, 0.2) is 9.84 Å². The van der Waals surface area contributed by atoms with Gasteiger partial charge in [0.05, 0.1) is 22.7 Å². The number of hydrogen-bond acceptors (Lipinski definition) is 5. The van der Waals surface area contributed by atoms with E-state index in [1.54, 1.807) is 47.6 Å². The summed E-state index contributed by atoms with van der Waals surface area (Å²) in [5.41, 5.74) is 2.06. The second kappa shape index (κ2) is 9.60. The van der Waals surface area contributed by atoms with E-state index in [-0.39, 0.29) is 23.0 Å². The minimum Gasteiger partial charge on any atom is -0.348 e. The van der Waals surface area contributed by atoms with Crippen LogP contribution in [0.2, 0.25) is 5.02 Å². The predicted molar refractivity (Wildman–Crippen MR) is 125 cm³/mol. The number of likely N-dealkylation sites (tertiary alicyclic amines) is 1. The largest absolute Gasteiger partial charge is 0.348 e. The van der Waals surface area contributed by atoms with Gasteiger partial charge >= 0.3 is 0 Å². The number of sulfone groups is 1. The molecule has 0 atom stereocenters. The molecule has 3 aromatic rings. The summed E-state index contributed by atoms with van der Waals surface area (Å²) in [5.74, 6) is -0.301. The number of halogens is 1. The van der Waals surface area contributed by atoms with Crippen molar-refractivity contribution in [3.8, 4) is 0 Å². The highest BCUT2D eigenvalue weighted by molar-refractivity contribution is 7.91. The molecule has 0 spiro atoms. The molecule has 0 unspecified atom stereocenters. The van der Waals surface area contributed by atoms with E-state index < -0.39 is 9.84 Å². The third-order valence-corrected chi connectivity index (χ3v) is 8.01. The van der Waals surface area contributed by atoms with Gasteiger partial charge < -0.3 is 15.2 Å². The van der Waals surface area contributed by atoms with Gasteiger partial charge in [0, 0.05) is 42.8 Å². The number of aromatic amines is 1. The predicted octanol–water partition coefficient (Wildman–Crippen LogP) is 3.47. The molecule has 2 aromatic carbocycles. The molecule has 2 N–H and O–H groups in total. The number of amides is 1. The molecule has 0 aliphatic carbocycles. The van der Waals surface area contributed by atoms with Gasteiger partial charge in [0.1, 0.15) is 0 Å². The minimum absolute atomic E-state index is 0.00838. The zero-order chi connectivity index (χ0) is 22.7. The highest BCUT2D eigenvalue weighted by Gasteiger charge is 2.24. The maximum atomic E-state index is 12.8. The Morgan fingerprint density at radius 1 is 1.19 bits per heavy atom. The Labute approximate surface area is 193 Å². The van der Waals surface area contributed by atoms with Gasteiger partial charge in [-0.05, 0) is 54.8 Å². The van der Waals surface area contributed by atoms with Gasteiger partial charge in [-0.15, -0.1) is 0 Å². The van der Waals surface area contributed by atoms with Gasteiger partial charge in [0.25, 0.3) is 0 Å². The first-order valence-corrected chi connectivity index (χ1v) is 12.8. The number of aromatic nitrogens is 2. The summed E-state index contributed by atoms with van der Waals surface area (Å²) in [6, 6.07) is 10.6. The first kappa shape index (κ1) is 22.8. The van der Waals surface area contributed by atoms with E-state index in [1.165, 1.54) is 0 Å². The summed E-state index contributed by atoms with van der Waals surface area (Å²) < 4.78 is 25.6. The summed E-state index contributed by atoms with van der Waals surface area (Å²) in [6.45, 7) is 3.96. The molecule has 32 heavy (non-hydrogen) atoms. The Kier molecular flexibility index (Phi) is 6.83. The summed E-state index contributed by atoms with van der Waals surface area (Å²) >= 11 is 5.99. The van der Waals surface area contributed by atoms with E-state index in [2.05, 4.69) is 15.3 Å². The number of carbonyl (C=O) groups is 1. The summed E-state index contributed by atoms with van der Waals surface area (Å²) in [4.78, 5) is 22.0. The van der Waals surface area contributed by atoms with Crippen LogP contribution in [0.15, 0.2) is 47.6 Å². The molecule has 0 saturated carbocycles.